The lowest BCUT2D eigenvalue weighted by atomic mass is 10.1. The molecule has 0 saturated carbocycles. The van der Waals surface area contributed by atoms with Crippen LogP contribution in [0.4, 0.5) is 0 Å². The van der Waals surface area contributed by atoms with E-state index < -0.39 is 0 Å². The monoisotopic (exact) mass is 400 g/mol. The van der Waals surface area contributed by atoms with Crippen LogP contribution in [0.2, 0.25) is 0 Å². The first-order valence-electron chi connectivity index (χ1n) is 7.92. The van der Waals surface area contributed by atoms with Crippen molar-refractivity contribution < 1.29 is 14.3 Å². The van der Waals surface area contributed by atoms with Gasteiger partial charge in [0.05, 0.1) is 12.7 Å². The van der Waals surface area contributed by atoms with E-state index in [-0.39, 0.29) is 5.78 Å². The highest BCUT2D eigenvalue weighted by Crippen LogP contribution is 2.26. The Morgan fingerprint density at radius 1 is 1.12 bits per heavy atom. The van der Waals surface area contributed by atoms with Crippen molar-refractivity contribution in [2.24, 2.45) is 0 Å². The molecule has 2 aromatic carbocycles. The molecule has 3 nitrogen and oxygen atoms in total. The predicted octanol–water partition coefficient (Wildman–Crippen LogP) is 5.70. The van der Waals surface area contributed by atoms with Crippen molar-refractivity contribution in [2.45, 2.75) is 13.8 Å². The molecule has 0 fully saturated rings. The van der Waals surface area contributed by atoms with Gasteiger partial charge in [-0.3, -0.25) is 4.79 Å². The van der Waals surface area contributed by atoms with Gasteiger partial charge in [0, 0.05) is 10.5 Å². The zero-order chi connectivity index (χ0) is 18.2. The summed E-state index contributed by atoms with van der Waals surface area (Å²) in [5, 5.41) is 0. The molecule has 0 unspecified atom stereocenters. The Bertz CT molecular complexity index is 785. The lowest BCUT2D eigenvalue weighted by molar-refractivity contribution is 0.104. The fourth-order valence-corrected chi connectivity index (χ4v) is 2.37. The van der Waals surface area contributed by atoms with Crippen LogP contribution in [0.1, 0.15) is 29.8 Å². The molecule has 0 aliphatic heterocycles. The topological polar surface area (TPSA) is 35.5 Å². The lowest BCUT2D eigenvalue weighted by Gasteiger charge is -2.09. The first-order chi connectivity index (χ1) is 12.0. The molecule has 0 amide bonds. The first-order valence-corrected chi connectivity index (χ1v) is 8.71. The van der Waals surface area contributed by atoms with Crippen LogP contribution in [-0.4, -0.2) is 19.5 Å². The van der Waals surface area contributed by atoms with Gasteiger partial charge in [0.15, 0.2) is 5.78 Å². The molecule has 0 aliphatic rings. The Hall–Kier alpha value is -2.33. The molecule has 0 N–H and O–H groups in total. The maximum absolute atomic E-state index is 12.5. The standard InChI is InChI=1S/C21H21BrO3/c1-15(2)12-13-25-18-9-10-19(21(14-18)24-3)20(23)11-6-16-4-7-17(22)8-5-16/h4-12,14H,13H2,1-3H3/b11-6+. The van der Waals surface area contributed by atoms with Gasteiger partial charge in [-0.2, -0.15) is 0 Å². The Kier molecular flexibility index (Phi) is 7.02. The zero-order valence-corrected chi connectivity index (χ0v) is 16.2. The van der Waals surface area contributed by atoms with Crippen molar-refractivity contribution in [2.75, 3.05) is 13.7 Å². The second-order valence-electron chi connectivity index (χ2n) is 5.70. The van der Waals surface area contributed by atoms with Crippen molar-refractivity contribution >= 4 is 27.8 Å². The average Bonchev–Trinajstić information content (AvgIpc) is 2.60. The SMILES string of the molecule is COc1cc(OCC=C(C)C)ccc1C(=O)/C=C/c1ccc(Br)cc1. The molecule has 0 saturated heterocycles. The maximum Gasteiger partial charge on any atom is 0.189 e. The maximum atomic E-state index is 12.5. The van der Waals surface area contributed by atoms with Gasteiger partial charge < -0.3 is 9.47 Å². The molecule has 2 aromatic rings. The summed E-state index contributed by atoms with van der Waals surface area (Å²) >= 11 is 3.39. The summed E-state index contributed by atoms with van der Waals surface area (Å²) in [6.07, 6.45) is 5.32. The number of benzene rings is 2. The van der Waals surface area contributed by atoms with Crippen molar-refractivity contribution in [1.29, 1.82) is 0 Å². The predicted molar refractivity (Wildman–Crippen MR) is 105 cm³/mol. The summed E-state index contributed by atoms with van der Waals surface area (Å²) in [5.74, 6) is 1.05. The van der Waals surface area contributed by atoms with E-state index in [1.54, 1.807) is 37.5 Å². The van der Waals surface area contributed by atoms with Crippen molar-refractivity contribution in [3.05, 3.63) is 75.8 Å². The lowest BCUT2D eigenvalue weighted by Crippen LogP contribution is -2.01. The summed E-state index contributed by atoms with van der Waals surface area (Å²) < 4.78 is 12.0. The van der Waals surface area contributed by atoms with Gasteiger partial charge in [0.1, 0.15) is 18.1 Å². The Labute approximate surface area is 157 Å². The summed E-state index contributed by atoms with van der Waals surface area (Å²) in [6, 6.07) is 13.0. The zero-order valence-electron chi connectivity index (χ0n) is 14.6. The van der Waals surface area contributed by atoms with Gasteiger partial charge in [0.25, 0.3) is 0 Å². The van der Waals surface area contributed by atoms with E-state index in [0.717, 1.165) is 10.0 Å². The normalized spacial score (nSPS) is 10.6. The van der Waals surface area contributed by atoms with Crippen LogP contribution in [0.25, 0.3) is 6.08 Å². The van der Waals surface area contributed by atoms with Gasteiger partial charge in [-0.1, -0.05) is 39.7 Å². The quantitative estimate of drug-likeness (QED) is 0.339. The Balaban J connectivity index is 2.13. The van der Waals surface area contributed by atoms with Crippen molar-refractivity contribution in [3.63, 3.8) is 0 Å². The minimum Gasteiger partial charge on any atom is -0.496 e. The number of carbonyl (C=O) groups is 1. The number of ether oxygens (including phenoxy) is 2. The summed E-state index contributed by atoms with van der Waals surface area (Å²) in [4.78, 5) is 12.5. The number of hydrogen-bond acceptors (Lipinski definition) is 3. The van der Waals surface area contributed by atoms with Crippen molar-refractivity contribution in [3.8, 4) is 11.5 Å². The van der Waals surface area contributed by atoms with Crippen molar-refractivity contribution in [1.82, 2.24) is 0 Å². The third-order valence-corrected chi connectivity index (χ3v) is 4.01. The number of rotatable bonds is 7. The van der Waals surface area contributed by atoms with E-state index in [2.05, 4.69) is 15.9 Å². The number of hydrogen-bond donors (Lipinski definition) is 0. The summed E-state index contributed by atoms with van der Waals surface area (Å²) in [5.41, 5.74) is 2.65. The molecule has 2 rings (SSSR count). The Morgan fingerprint density at radius 2 is 1.84 bits per heavy atom. The molecule has 0 atom stereocenters. The third kappa shape index (κ3) is 5.91. The number of methoxy groups -OCH3 is 1. The molecule has 130 valence electrons. The number of allylic oxidation sites excluding steroid dienone is 2. The van der Waals surface area contributed by atoms with Crippen LogP contribution in [0.15, 0.2) is 64.7 Å². The minimum absolute atomic E-state index is 0.115. The highest BCUT2D eigenvalue weighted by atomic mass is 79.9. The van der Waals surface area contributed by atoms with Crippen LogP contribution in [0.3, 0.4) is 0 Å². The number of carbonyl (C=O) groups excluding carboxylic acids is 1. The van der Waals surface area contributed by atoms with E-state index in [1.807, 2.05) is 44.2 Å². The first kappa shape index (κ1) is 19.0. The second-order valence-corrected chi connectivity index (χ2v) is 6.62. The fraction of sp³-hybridized carbons (Fsp3) is 0.190. The molecule has 0 radical (unpaired) electrons. The molecule has 25 heavy (non-hydrogen) atoms. The smallest absolute Gasteiger partial charge is 0.189 e. The Morgan fingerprint density at radius 3 is 2.48 bits per heavy atom. The summed E-state index contributed by atoms with van der Waals surface area (Å²) in [7, 11) is 1.55. The number of halogens is 1. The molecule has 0 heterocycles. The van der Waals surface area contributed by atoms with E-state index >= 15 is 0 Å². The van der Waals surface area contributed by atoms with E-state index in [0.29, 0.717) is 23.7 Å². The van der Waals surface area contributed by atoms with Gasteiger partial charge in [0.2, 0.25) is 0 Å². The molecule has 0 aromatic heterocycles. The molecular weight excluding hydrogens is 380 g/mol. The third-order valence-electron chi connectivity index (χ3n) is 3.48. The van der Waals surface area contributed by atoms with Gasteiger partial charge in [-0.05, 0) is 55.8 Å². The summed E-state index contributed by atoms with van der Waals surface area (Å²) in [6.45, 7) is 4.52. The highest BCUT2D eigenvalue weighted by Gasteiger charge is 2.11. The van der Waals surface area contributed by atoms with Gasteiger partial charge >= 0.3 is 0 Å². The van der Waals surface area contributed by atoms with E-state index in [4.69, 9.17) is 9.47 Å². The van der Waals surface area contributed by atoms with Crippen LogP contribution < -0.4 is 9.47 Å². The van der Waals surface area contributed by atoms with Crippen LogP contribution in [0, 0.1) is 0 Å². The van der Waals surface area contributed by atoms with Crippen LogP contribution >= 0.6 is 15.9 Å². The van der Waals surface area contributed by atoms with E-state index in [1.165, 1.54) is 5.57 Å². The van der Waals surface area contributed by atoms with Crippen LogP contribution in [-0.2, 0) is 0 Å². The fourth-order valence-electron chi connectivity index (χ4n) is 2.11. The second kappa shape index (κ2) is 9.23. The van der Waals surface area contributed by atoms with Gasteiger partial charge in [-0.15, -0.1) is 0 Å². The molecule has 0 aliphatic carbocycles. The average molecular weight is 401 g/mol. The highest BCUT2D eigenvalue weighted by molar-refractivity contribution is 9.10. The van der Waals surface area contributed by atoms with Crippen LogP contribution in [0.5, 0.6) is 11.5 Å². The molecular formula is C21H21BrO3. The minimum atomic E-state index is -0.115. The molecule has 4 heteroatoms. The number of ketones is 1. The largest absolute Gasteiger partial charge is 0.496 e. The van der Waals surface area contributed by atoms with E-state index in [9.17, 15) is 4.79 Å². The molecule has 0 spiro atoms. The molecule has 0 bridgehead atoms. The van der Waals surface area contributed by atoms with Gasteiger partial charge in [-0.25, -0.2) is 0 Å².